The molecule has 2 aliphatic rings. The molecule has 0 saturated carbocycles. The van der Waals surface area contributed by atoms with Crippen molar-refractivity contribution in [3.8, 4) is 11.5 Å². The SMILES string of the molecule is COc1ccc(C2NNC3C(=O)N(c4ccc(Br)cc4)C(c4cccc(OC)c4)C32)cc1. The molecule has 2 heterocycles. The van der Waals surface area contributed by atoms with E-state index in [9.17, 15) is 4.79 Å². The van der Waals surface area contributed by atoms with Crippen LogP contribution in [-0.4, -0.2) is 26.2 Å². The van der Waals surface area contributed by atoms with E-state index in [2.05, 4.69) is 45.0 Å². The van der Waals surface area contributed by atoms with Gasteiger partial charge in [0.05, 0.1) is 26.3 Å². The standard InChI is InChI=1S/C25H24BrN3O3/c1-31-19-12-6-15(7-13-19)22-21-23(28-27-22)25(30)29(18-10-8-17(26)9-11-18)24(21)16-4-3-5-20(14-16)32-2/h3-14,21-24,27-28H,1-2H3. The number of carbonyl (C=O) groups excluding carboxylic acids is 1. The van der Waals surface area contributed by atoms with E-state index in [1.807, 2.05) is 59.5 Å². The lowest BCUT2D eigenvalue weighted by Gasteiger charge is -2.31. The van der Waals surface area contributed by atoms with E-state index in [1.165, 1.54) is 0 Å². The Hall–Kier alpha value is -2.87. The summed E-state index contributed by atoms with van der Waals surface area (Å²) in [7, 11) is 3.32. The summed E-state index contributed by atoms with van der Waals surface area (Å²) in [5.74, 6) is 1.61. The zero-order chi connectivity index (χ0) is 22.2. The number of hydrogen-bond acceptors (Lipinski definition) is 5. The zero-order valence-electron chi connectivity index (χ0n) is 17.8. The van der Waals surface area contributed by atoms with Gasteiger partial charge in [0, 0.05) is 16.1 Å². The highest BCUT2D eigenvalue weighted by atomic mass is 79.9. The predicted octanol–water partition coefficient (Wildman–Crippen LogP) is 4.39. The van der Waals surface area contributed by atoms with Crippen molar-refractivity contribution in [2.45, 2.75) is 18.1 Å². The van der Waals surface area contributed by atoms with Crippen molar-refractivity contribution < 1.29 is 14.3 Å². The van der Waals surface area contributed by atoms with Gasteiger partial charge in [0.1, 0.15) is 17.5 Å². The van der Waals surface area contributed by atoms with Crippen molar-refractivity contribution in [1.82, 2.24) is 10.9 Å². The average Bonchev–Trinajstić information content (AvgIpc) is 3.39. The number of hydrogen-bond donors (Lipinski definition) is 2. The van der Waals surface area contributed by atoms with Gasteiger partial charge in [0.25, 0.3) is 0 Å². The average molecular weight is 494 g/mol. The first-order valence-electron chi connectivity index (χ1n) is 10.5. The lowest BCUT2D eigenvalue weighted by atomic mass is 9.83. The number of amides is 1. The van der Waals surface area contributed by atoms with Crippen molar-refractivity contribution in [2.75, 3.05) is 19.1 Å². The Morgan fingerprint density at radius 3 is 2.19 bits per heavy atom. The predicted molar refractivity (Wildman–Crippen MR) is 127 cm³/mol. The Labute approximate surface area is 195 Å². The maximum Gasteiger partial charge on any atom is 0.246 e. The Bertz CT molecular complexity index is 1120. The lowest BCUT2D eigenvalue weighted by Crippen LogP contribution is -2.41. The van der Waals surface area contributed by atoms with E-state index in [0.29, 0.717) is 0 Å². The number of nitrogens with zero attached hydrogens (tertiary/aromatic N) is 1. The van der Waals surface area contributed by atoms with Crippen molar-refractivity contribution >= 4 is 27.5 Å². The Morgan fingerprint density at radius 2 is 1.50 bits per heavy atom. The van der Waals surface area contributed by atoms with Crippen LogP contribution in [0.1, 0.15) is 23.2 Å². The molecule has 4 unspecified atom stereocenters. The van der Waals surface area contributed by atoms with Crippen LogP contribution in [0.5, 0.6) is 11.5 Å². The molecule has 2 fully saturated rings. The lowest BCUT2D eigenvalue weighted by molar-refractivity contribution is -0.119. The molecular formula is C25H24BrN3O3. The molecular weight excluding hydrogens is 470 g/mol. The van der Waals surface area contributed by atoms with Crippen LogP contribution in [0.4, 0.5) is 5.69 Å². The number of halogens is 1. The van der Waals surface area contributed by atoms with Gasteiger partial charge in [0.15, 0.2) is 0 Å². The smallest absolute Gasteiger partial charge is 0.246 e. The summed E-state index contributed by atoms with van der Waals surface area (Å²) < 4.78 is 11.8. The van der Waals surface area contributed by atoms with Gasteiger partial charge in [-0.2, -0.15) is 0 Å². The molecule has 6 nitrogen and oxygen atoms in total. The number of hydrazine groups is 1. The fourth-order valence-corrected chi connectivity index (χ4v) is 5.08. The largest absolute Gasteiger partial charge is 0.497 e. The maximum atomic E-state index is 13.6. The third-order valence-electron chi connectivity index (χ3n) is 6.33. The molecule has 164 valence electrons. The monoisotopic (exact) mass is 493 g/mol. The molecule has 1 amide bonds. The first-order valence-corrected chi connectivity index (χ1v) is 11.3. The third kappa shape index (κ3) is 3.56. The molecule has 0 spiro atoms. The van der Waals surface area contributed by atoms with E-state index in [-0.39, 0.29) is 30.0 Å². The van der Waals surface area contributed by atoms with E-state index in [1.54, 1.807) is 14.2 Å². The first-order chi connectivity index (χ1) is 15.6. The van der Waals surface area contributed by atoms with Crippen LogP contribution in [0.2, 0.25) is 0 Å². The normalized spacial score (nSPS) is 24.5. The Balaban J connectivity index is 1.61. The molecule has 32 heavy (non-hydrogen) atoms. The highest BCUT2D eigenvalue weighted by Crippen LogP contribution is 2.49. The van der Waals surface area contributed by atoms with E-state index < -0.39 is 0 Å². The second-order valence-electron chi connectivity index (χ2n) is 8.00. The van der Waals surface area contributed by atoms with Crippen LogP contribution < -0.4 is 25.2 Å². The topological polar surface area (TPSA) is 62.8 Å². The number of benzene rings is 3. The van der Waals surface area contributed by atoms with Crippen molar-refractivity contribution in [3.05, 3.63) is 88.4 Å². The number of ether oxygens (including phenoxy) is 2. The van der Waals surface area contributed by atoms with Crippen molar-refractivity contribution in [2.24, 2.45) is 5.92 Å². The van der Waals surface area contributed by atoms with Gasteiger partial charge in [-0.3, -0.25) is 4.79 Å². The summed E-state index contributed by atoms with van der Waals surface area (Å²) in [6.45, 7) is 0. The van der Waals surface area contributed by atoms with Crippen LogP contribution >= 0.6 is 15.9 Å². The summed E-state index contributed by atoms with van der Waals surface area (Å²) in [4.78, 5) is 15.6. The summed E-state index contributed by atoms with van der Waals surface area (Å²) in [6, 6.07) is 23.3. The Morgan fingerprint density at radius 1 is 0.812 bits per heavy atom. The van der Waals surface area contributed by atoms with E-state index >= 15 is 0 Å². The molecule has 0 bridgehead atoms. The van der Waals surface area contributed by atoms with E-state index in [4.69, 9.17) is 9.47 Å². The summed E-state index contributed by atoms with van der Waals surface area (Å²) in [6.07, 6.45) is 0. The number of carbonyl (C=O) groups is 1. The highest BCUT2D eigenvalue weighted by Gasteiger charge is 2.56. The number of rotatable bonds is 5. The van der Waals surface area contributed by atoms with E-state index in [0.717, 1.165) is 32.8 Å². The van der Waals surface area contributed by atoms with Gasteiger partial charge in [0.2, 0.25) is 5.91 Å². The minimum Gasteiger partial charge on any atom is -0.497 e. The quantitative estimate of drug-likeness (QED) is 0.551. The molecule has 0 radical (unpaired) electrons. The van der Waals surface area contributed by atoms with Crippen molar-refractivity contribution in [3.63, 3.8) is 0 Å². The van der Waals surface area contributed by atoms with Gasteiger partial charge in [-0.1, -0.05) is 40.2 Å². The maximum absolute atomic E-state index is 13.6. The number of fused-ring (bicyclic) bond motifs is 1. The molecule has 3 aromatic rings. The zero-order valence-corrected chi connectivity index (χ0v) is 19.4. The fourth-order valence-electron chi connectivity index (χ4n) is 4.82. The molecule has 3 aromatic carbocycles. The van der Waals surface area contributed by atoms with Gasteiger partial charge in [-0.05, 0) is 59.7 Å². The summed E-state index contributed by atoms with van der Waals surface area (Å²) in [5, 5.41) is 0. The molecule has 7 heteroatoms. The summed E-state index contributed by atoms with van der Waals surface area (Å²) in [5.41, 5.74) is 9.66. The van der Waals surface area contributed by atoms with Crippen LogP contribution in [0.15, 0.2) is 77.3 Å². The number of methoxy groups -OCH3 is 2. The summed E-state index contributed by atoms with van der Waals surface area (Å²) >= 11 is 3.50. The van der Waals surface area contributed by atoms with Gasteiger partial charge in [-0.15, -0.1) is 0 Å². The van der Waals surface area contributed by atoms with Crippen LogP contribution in [0.3, 0.4) is 0 Å². The molecule has 0 aromatic heterocycles. The van der Waals surface area contributed by atoms with Crippen molar-refractivity contribution in [1.29, 1.82) is 0 Å². The minimum atomic E-state index is -0.345. The third-order valence-corrected chi connectivity index (χ3v) is 6.85. The second kappa shape index (κ2) is 8.58. The molecule has 0 aliphatic carbocycles. The van der Waals surface area contributed by atoms with Gasteiger partial charge in [-0.25, -0.2) is 10.9 Å². The van der Waals surface area contributed by atoms with Gasteiger partial charge >= 0.3 is 0 Å². The number of nitrogens with one attached hydrogen (secondary N) is 2. The van der Waals surface area contributed by atoms with Crippen LogP contribution in [0.25, 0.3) is 0 Å². The molecule has 2 saturated heterocycles. The molecule has 5 rings (SSSR count). The van der Waals surface area contributed by atoms with Crippen LogP contribution in [0, 0.1) is 5.92 Å². The van der Waals surface area contributed by atoms with Gasteiger partial charge < -0.3 is 14.4 Å². The first kappa shape index (κ1) is 21.0. The Kier molecular flexibility index (Phi) is 5.63. The molecule has 4 atom stereocenters. The second-order valence-corrected chi connectivity index (χ2v) is 8.92. The highest BCUT2D eigenvalue weighted by molar-refractivity contribution is 9.10. The number of anilines is 1. The molecule has 2 aliphatic heterocycles. The van der Waals surface area contributed by atoms with Crippen LogP contribution in [-0.2, 0) is 4.79 Å². The minimum absolute atomic E-state index is 0.0216. The fraction of sp³-hybridized carbons (Fsp3) is 0.240. The molecule has 2 N–H and O–H groups in total.